The van der Waals surface area contributed by atoms with Crippen molar-refractivity contribution in [3.05, 3.63) is 95.6 Å². The smallest absolute Gasteiger partial charge is 0.407 e. The van der Waals surface area contributed by atoms with Crippen molar-refractivity contribution in [3.63, 3.8) is 0 Å². The van der Waals surface area contributed by atoms with Crippen molar-refractivity contribution >= 4 is 6.09 Å². The molecule has 1 aliphatic rings. The number of carbonyl (C=O) groups is 1. The summed E-state index contributed by atoms with van der Waals surface area (Å²) >= 11 is 0. The van der Waals surface area contributed by atoms with Crippen LogP contribution in [0.4, 0.5) is 4.79 Å². The summed E-state index contributed by atoms with van der Waals surface area (Å²) in [5.41, 5.74) is 2.77. The Morgan fingerprint density at radius 2 is 1.47 bits per heavy atom. The number of nitrogens with one attached hydrogen (secondary N) is 1. The second kappa shape index (κ2) is 10.6. The predicted molar refractivity (Wildman–Crippen MR) is 116 cm³/mol. The number of alkyl carbamates (subject to hydrolysis) is 1. The van der Waals surface area contributed by atoms with Gasteiger partial charge in [0.05, 0.1) is 20.3 Å². The first-order valence-corrected chi connectivity index (χ1v) is 9.46. The number of benzene rings is 3. The number of cyclic esters (lactones) is 1. The summed E-state index contributed by atoms with van der Waals surface area (Å²) < 4.78 is 15.0. The highest BCUT2D eigenvalue weighted by Gasteiger charge is 2.23. The van der Waals surface area contributed by atoms with E-state index >= 15 is 0 Å². The average Bonchev–Trinajstić information content (AvgIpc) is 3.25. The number of methoxy groups -OCH3 is 2. The molecular weight excluding hydrogens is 378 g/mol. The summed E-state index contributed by atoms with van der Waals surface area (Å²) in [7, 11) is 3.29. The zero-order chi connectivity index (χ0) is 21.2. The van der Waals surface area contributed by atoms with E-state index in [1.807, 2.05) is 78.9 Å². The van der Waals surface area contributed by atoms with Gasteiger partial charge in [0.25, 0.3) is 0 Å². The number of amides is 1. The van der Waals surface area contributed by atoms with Gasteiger partial charge in [-0.25, -0.2) is 4.79 Å². The van der Waals surface area contributed by atoms with E-state index in [0.29, 0.717) is 6.61 Å². The number of rotatable bonds is 3. The van der Waals surface area contributed by atoms with Crippen LogP contribution in [0.2, 0.25) is 0 Å². The number of hydrogen-bond donors (Lipinski definition) is 1. The van der Waals surface area contributed by atoms with Crippen molar-refractivity contribution in [1.82, 2.24) is 5.32 Å². The average molecular weight is 401 g/mol. The van der Waals surface area contributed by atoms with Crippen LogP contribution < -0.4 is 14.8 Å². The fourth-order valence-corrected chi connectivity index (χ4v) is 2.80. The molecule has 0 spiro atoms. The molecule has 1 heterocycles. The third-order valence-electron chi connectivity index (χ3n) is 4.36. The molecule has 1 saturated heterocycles. The van der Waals surface area contributed by atoms with E-state index < -0.39 is 0 Å². The van der Waals surface area contributed by atoms with Crippen LogP contribution in [0.25, 0.3) is 0 Å². The van der Waals surface area contributed by atoms with Crippen LogP contribution in [0.3, 0.4) is 0 Å². The minimum atomic E-state index is -0.377. The Morgan fingerprint density at radius 1 is 0.833 bits per heavy atom. The molecule has 0 unspecified atom stereocenters. The molecule has 0 saturated carbocycles. The van der Waals surface area contributed by atoms with Gasteiger partial charge < -0.3 is 19.5 Å². The molecular formula is C25H23NO4. The molecule has 5 nitrogen and oxygen atoms in total. The lowest BCUT2D eigenvalue weighted by Gasteiger charge is -2.07. The molecule has 0 radical (unpaired) electrons. The Morgan fingerprint density at radius 3 is 2.07 bits per heavy atom. The van der Waals surface area contributed by atoms with E-state index in [1.54, 1.807) is 14.2 Å². The second-order valence-electron chi connectivity index (χ2n) is 6.42. The Bertz CT molecular complexity index is 1040. The largest absolute Gasteiger partial charge is 0.497 e. The summed E-state index contributed by atoms with van der Waals surface area (Å²) in [6.07, 6.45) is -0.377. The van der Waals surface area contributed by atoms with Gasteiger partial charge in [-0.05, 0) is 48.0 Å². The summed E-state index contributed by atoms with van der Waals surface area (Å²) in [6, 6.07) is 25.0. The number of para-hydroxylation sites is 1. The molecule has 1 aliphatic heterocycles. The lowest BCUT2D eigenvalue weighted by molar-refractivity contribution is 0.177. The fourth-order valence-electron chi connectivity index (χ4n) is 2.80. The van der Waals surface area contributed by atoms with Crippen LogP contribution >= 0.6 is 0 Å². The van der Waals surface area contributed by atoms with Crippen molar-refractivity contribution in [3.8, 4) is 23.3 Å². The van der Waals surface area contributed by atoms with Gasteiger partial charge in [0.1, 0.15) is 18.1 Å². The normalized spacial score (nSPS) is 14.2. The van der Waals surface area contributed by atoms with Gasteiger partial charge in [0.15, 0.2) is 0 Å². The van der Waals surface area contributed by atoms with Gasteiger partial charge >= 0.3 is 6.09 Å². The quantitative estimate of drug-likeness (QED) is 0.653. The Labute approximate surface area is 176 Å². The summed E-state index contributed by atoms with van der Waals surface area (Å²) in [4.78, 5) is 11.1. The highest BCUT2D eigenvalue weighted by molar-refractivity contribution is 5.70. The highest BCUT2D eigenvalue weighted by atomic mass is 16.6. The second-order valence-corrected chi connectivity index (χ2v) is 6.42. The first-order chi connectivity index (χ1) is 14.7. The maximum absolute atomic E-state index is 11.1. The monoisotopic (exact) mass is 401 g/mol. The fraction of sp³-hybridized carbons (Fsp3) is 0.160. The van der Waals surface area contributed by atoms with Crippen molar-refractivity contribution in [2.75, 3.05) is 20.8 Å². The Kier molecular flexibility index (Phi) is 7.34. The van der Waals surface area contributed by atoms with Crippen LogP contribution in [0.5, 0.6) is 11.5 Å². The van der Waals surface area contributed by atoms with Crippen molar-refractivity contribution in [2.24, 2.45) is 0 Å². The standard InChI is InChI=1S/C18H15NO3.C7H8O/c1-21-16-7-3-5-14(11-16)9-8-13-4-2-6-15(10-13)17-12-22-18(20)19-17;1-8-7-5-3-2-4-6-7/h2-7,10-11,17H,12H2,1H3,(H,19,20);2-6H,1H3/t17-;/m0./s1. The molecule has 0 aromatic heterocycles. The topological polar surface area (TPSA) is 56.8 Å². The van der Waals surface area contributed by atoms with Gasteiger partial charge in [-0.1, -0.05) is 48.2 Å². The van der Waals surface area contributed by atoms with E-state index in [9.17, 15) is 4.79 Å². The molecule has 0 aliphatic carbocycles. The summed E-state index contributed by atoms with van der Waals surface area (Å²) in [6.45, 7) is 0.353. The van der Waals surface area contributed by atoms with E-state index in [-0.39, 0.29) is 12.1 Å². The molecule has 1 fully saturated rings. The minimum absolute atomic E-state index is 0.105. The maximum atomic E-state index is 11.1. The van der Waals surface area contributed by atoms with Gasteiger partial charge in [-0.2, -0.15) is 0 Å². The van der Waals surface area contributed by atoms with Gasteiger partial charge in [0, 0.05) is 11.1 Å². The van der Waals surface area contributed by atoms with Crippen LogP contribution in [0.1, 0.15) is 22.7 Å². The van der Waals surface area contributed by atoms with E-state index in [4.69, 9.17) is 14.2 Å². The van der Waals surface area contributed by atoms with E-state index in [0.717, 1.165) is 28.2 Å². The highest BCUT2D eigenvalue weighted by Crippen LogP contribution is 2.19. The van der Waals surface area contributed by atoms with Crippen LogP contribution in [-0.2, 0) is 4.74 Å². The molecule has 1 N–H and O–H groups in total. The van der Waals surface area contributed by atoms with Gasteiger partial charge in [0.2, 0.25) is 0 Å². The Balaban J connectivity index is 0.000000269. The van der Waals surface area contributed by atoms with Crippen molar-refractivity contribution in [1.29, 1.82) is 0 Å². The molecule has 1 amide bonds. The van der Waals surface area contributed by atoms with E-state index in [1.165, 1.54) is 0 Å². The minimum Gasteiger partial charge on any atom is -0.497 e. The molecule has 5 heteroatoms. The third-order valence-corrected chi connectivity index (χ3v) is 4.36. The number of hydrogen-bond acceptors (Lipinski definition) is 4. The SMILES string of the molecule is COc1cccc(C#Cc2cccc([C@@H]3COC(=O)N3)c2)c1.COc1ccccc1. The zero-order valence-electron chi connectivity index (χ0n) is 16.9. The lowest BCUT2D eigenvalue weighted by Crippen LogP contribution is -2.18. The molecule has 30 heavy (non-hydrogen) atoms. The van der Waals surface area contributed by atoms with Crippen LogP contribution in [0.15, 0.2) is 78.9 Å². The van der Waals surface area contributed by atoms with Crippen molar-refractivity contribution < 1.29 is 19.0 Å². The third kappa shape index (κ3) is 6.05. The van der Waals surface area contributed by atoms with Gasteiger partial charge in [-0.3, -0.25) is 0 Å². The summed E-state index contributed by atoms with van der Waals surface area (Å²) in [5.74, 6) is 7.94. The van der Waals surface area contributed by atoms with Crippen molar-refractivity contribution in [2.45, 2.75) is 6.04 Å². The first kappa shape index (κ1) is 20.8. The molecule has 3 aromatic rings. The number of carbonyl (C=O) groups excluding carboxylic acids is 1. The predicted octanol–water partition coefficient (Wildman–Crippen LogP) is 4.57. The first-order valence-electron chi connectivity index (χ1n) is 9.46. The summed E-state index contributed by atoms with van der Waals surface area (Å²) in [5, 5.41) is 2.76. The molecule has 3 aromatic carbocycles. The van der Waals surface area contributed by atoms with Crippen LogP contribution in [-0.4, -0.2) is 26.9 Å². The molecule has 4 rings (SSSR count). The Hall–Kier alpha value is -3.91. The molecule has 152 valence electrons. The molecule has 1 atom stereocenters. The van der Waals surface area contributed by atoms with Crippen LogP contribution in [0, 0.1) is 11.8 Å². The van der Waals surface area contributed by atoms with Gasteiger partial charge in [-0.15, -0.1) is 0 Å². The number of ether oxygens (including phenoxy) is 3. The lowest BCUT2D eigenvalue weighted by atomic mass is 10.0. The van der Waals surface area contributed by atoms with E-state index in [2.05, 4.69) is 17.2 Å². The zero-order valence-corrected chi connectivity index (χ0v) is 16.9. The molecule has 0 bridgehead atoms. The maximum Gasteiger partial charge on any atom is 0.407 e.